The average molecular weight is 303 g/mol. The molecule has 21 heavy (non-hydrogen) atoms. The second-order valence-electron chi connectivity index (χ2n) is 5.10. The van der Waals surface area contributed by atoms with Crippen LogP contribution in [0, 0.1) is 0 Å². The summed E-state index contributed by atoms with van der Waals surface area (Å²) in [6.45, 7) is 7.11. The summed E-state index contributed by atoms with van der Waals surface area (Å²) < 4.78 is 0. The topological polar surface area (TPSA) is 44.3 Å². The van der Waals surface area contributed by atoms with Gasteiger partial charge in [0.1, 0.15) is 11.6 Å². The van der Waals surface area contributed by atoms with E-state index < -0.39 is 0 Å². The molecule has 2 aromatic heterocycles. The number of hydrogen-bond acceptors (Lipinski definition) is 6. The van der Waals surface area contributed by atoms with Gasteiger partial charge in [-0.15, -0.1) is 11.3 Å². The van der Waals surface area contributed by atoms with Gasteiger partial charge in [-0.1, -0.05) is 13.0 Å². The average Bonchev–Trinajstić information content (AvgIpc) is 3.08. The maximum Gasteiger partial charge on any atom is 0.185 e. The fourth-order valence-corrected chi connectivity index (χ4v) is 3.15. The van der Waals surface area contributed by atoms with Gasteiger partial charge in [-0.25, -0.2) is 9.97 Å². The molecule has 1 aliphatic rings. The van der Waals surface area contributed by atoms with Crippen molar-refractivity contribution in [2.75, 3.05) is 47.8 Å². The minimum absolute atomic E-state index is 0.967. The van der Waals surface area contributed by atoms with Crippen molar-refractivity contribution < 1.29 is 0 Å². The lowest BCUT2D eigenvalue weighted by Gasteiger charge is -2.35. The van der Waals surface area contributed by atoms with E-state index in [9.17, 15) is 0 Å². The van der Waals surface area contributed by atoms with Crippen molar-refractivity contribution in [2.45, 2.75) is 13.3 Å². The molecule has 112 valence electrons. The second kappa shape index (κ2) is 6.76. The second-order valence-corrected chi connectivity index (χ2v) is 5.97. The first-order valence-corrected chi connectivity index (χ1v) is 8.35. The number of rotatable bonds is 5. The Hall–Kier alpha value is -1.82. The first kappa shape index (κ1) is 14.1. The predicted molar refractivity (Wildman–Crippen MR) is 89.6 cm³/mol. The molecule has 1 aliphatic heterocycles. The number of hydrogen-bond donors (Lipinski definition) is 1. The number of thiazole rings is 1. The highest BCUT2D eigenvalue weighted by Gasteiger charge is 2.19. The van der Waals surface area contributed by atoms with E-state index in [4.69, 9.17) is 4.98 Å². The molecule has 0 radical (unpaired) electrons. The van der Waals surface area contributed by atoms with Crippen molar-refractivity contribution in [1.29, 1.82) is 0 Å². The molecule has 3 heterocycles. The van der Waals surface area contributed by atoms with Crippen molar-refractivity contribution in [1.82, 2.24) is 9.97 Å². The highest BCUT2D eigenvalue weighted by Crippen LogP contribution is 2.21. The third-order valence-electron chi connectivity index (χ3n) is 3.58. The Balaban J connectivity index is 1.61. The van der Waals surface area contributed by atoms with Crippen molar-refractivity contribution >= 4 is 28.1 Å². The van der Waals surface area contributed by atoms with Crippen LogP contribution >= 0.6 is 11.3 Å². The summed E-state index contributed by atoms with van der Waals surface area (Å²) in [5.74, 6) is 2.03. The predicted octanol–water partition coefficient (Wildman–Crippen LogP) is 2.69. The van der Waals surface area contributed by atoms with Crippen LogP contribution in [-0.4, -0.2) is 42.7 Å². The summed E-state index contributed by atoms with van der Waals surface area (Å²) in [5.41, 5.74) is 0. The molecule has 1 saturated heterocycles. The van der Waals surface area contributed by atoms with Crippen LogP contribution in [0.1, 0.15) is 13.3 Å². The van der Waals surface area contributed by atoms with E-state index in [2.05, 4.69) is 39.2 Å². The van der Waals surface area contributed by atoms with Gasteiger partial charge in [0.05, 0.1) is 0 Å². The van der Waals surface area contributed by atoms with Gasteiger partial charge in [-0.3, -0.25) is 0 Å². The molecular weight excluding hydrogens is 282 g/mol. The van der Waals surface area contributed by atoms with Gasteiger partial charge < -0.3 is 15.1 Å². The Morgan fingerprint density at radius 2 is 2.00 bits per heavy atom. The van der Waals surface area contributed by atoms with Crippen LogP contribution in [-0.2, 0) is 0 Å². The Kier molecular flexibility index (Phi) is 4.55. The minimum atomic E-state index is 0.967. The molecule has 0 saturated carbocycles. The third-order valence-corrected chi connectivity index (χ3v) is 4.42. The first-order valence-electron chi connectivity index (χ1n) is 7.47. The Morgan fingerprint density at radius 3 is 2.71 bits per heavy atom. The number of aromatic nitrogens is 2. The molecule has 2 aromatic rings. The molecule has 0 spiro atoms. The zero-order valence-electron chi connectivity index (χ0n) is 12.3. The first-order chi connectivity index (χ1) is 10.4. The fourth-order valence-electron chi connectivity index (χ4n) is 2.45. The van der Waals surface area contributed by atoms with Crippen LogP contribution in [0.4, 0.5) is 16.8 Å². The molecule has 1 N–H and O–H groups in total. The Labute approximate surface area is 129 Å². The van der Waals surface area contributed by atoms with Gasteiger partial charge in [0.2, 0.25) is 0 Å². The van der Waals surface area contributed by atoms with E-state index in [-0.39, 0.29) is 0 Å². The monoisotopic (exact) mass is 303 g/mol. The summed E-state index contributed by atoms with van der Waals surface area (Å²) in [6.07, 6.45) is 2.98. The zero-order valence-corrected chi connectivity index (χ0v) is 13.1. The molecule has 0 amide bonds. The highest BCUT2D eigenvalue weighted by molar-refractivity contribution is 7.13. The zero-order chi connectivity index (χ0) is 14.5. The summed E-state index contributed by atoms with van der Waals surface area (Å²) in [4.78, 5) is 13.8. The SMILES string of the molecule is CCCNc1cccc(N2CCN(c3nccs3)CC2)n1. The van der Waals surface area contributed by atoms with Crippen LogP contribution in [0.25, 0.3) is 0 Å². The fraction of sp³-hybridized carbons (Fsp3) is 0.467. The van der Waals surface area contributed by atoms with Gasteiger partial charge in [0.25, 0.3) is 0 Å². The highest BCUT2D eigenvalue weighted by atomic mass is 32.1. The lowest BCUT2D eigenvalue weighted by atomic mass is 10.3. The molecule has 5 nitrogen and oxygen atoms in total. The van der Waals surface area contributed by atoms with Crippen LogP contribution < -0.4 is 15.1 Å². The number of nitrogens with one attached hydrogen (secondary N) is 1. The maximum absolute atomic E-state index is 4.70. The smallest absolute Gasteiger partial charge is 0.185 e. The van der Waals surface area contributed by atoms with E-state index in [1.54, 1.807) is 11.3 Å². The largest absolute Gasteiger partial charge is 0.370 e. The van der Waals surface area contributed by atoms with E-state index in [1.807, 2.05) is 17.6 Å². The number of pyridine rings is 1. The van der Waals surface area contributed by atoms with Gasteiger partial charge in [0, 0.05) is 44.3 Å². The molecule has 0 unspecified atom stereocenters. The molecule has 3 rings (SSSR count). The third kappa shape index (κ3) is 3.44. The van der Waals surface area contributed by atoms with E-state index in [1.165, 1.54) is 0 Å². The molecule has 0 bridgehead atoms. The van der Waals surface area contributed by atoms with Crippen molar-refractivity contribution in [3.05, 3.63) is 29.8 Å². The van der Waals surface area contributed by atoms with Gasteiger partial charge in [-0.05, 0) is 18.6 Å². The summed E-state index contributed by atoms with van der Waals surface area (Å²) in [7, 11) is 0. The summed E-state index contributed by atoms with van der Waals surface area (Å²) in [5, 5.41) is 6.51. The Bertz CT molecular complexity index is 549. The van der Waals surface area contributed by atoms with E-state index >= 15 is 0 Å². The standard InChI is InChI=1S/C15H21N5S/c1-2-6-16-13-4-3-5-14(18-13)19-8-10-20(11-9-19)15-17-7-12-21-15/h3-5,7,12H,2,6,8-11H2,1H3,(H,16,18). The van der Waals surface area contributed by atoms with Crippen molar-refractivity contribution in [3.63, 3.8) is 0 Å². The minimum Gasteiger partial charge on any atom is -0.370 e. The molecule has 1 fully saturated rings. The molecular formula is C15H21N5S. The lowest BCUT2D eigenvalue weighted by molar-refractivity contribution is 0.646. The lowest BCUT2D eigenvalue weighted by Crippen LogP contribution is -2.46. The van der Waals surface area contributed by atoms with Crippen LogP contribution in [0.5, 0.6) is 0 Å². The quantitative estimate of drug-likeness (QED) is 0.920. The molecule has 0 atom stereocenters. The van der Waals surface area contributed by atoms with Crippen molar-refractivity contribution in [3.8, 4) is 0 Å². The van der Waals surface area contributed by atoms with E-state index in [0.29, 0.717) is 0 Å². The maximum atomic E-state index is 4.70. The van der Waals surface area contributed by atoms with Crippen LogP contribution in [0.3, 0.4) is 0 Å². The van der Waals surface area contributed by atoms with Crippen LogP contribution in [0.15, 0.2) is 29.8 Å². The molecule has 6 heteroatoms. The number of anilines is 3. The Morgan fingerprint density at radius 1 is 1.19 bits per heavy atom. The molecule has 0 aliphatic carbocycles. The summed E-state index contributed by atoms with van der Waals surface area (Å²) >= 11 is 1.71. The van der Waals surface area contributed by atoms with E-state index in [0.717, 1.165) is 55.9 Å². The van der Waals surface area contributed by atoms with Gasteiger partial charge >= 0.3 is 0 Å². The van der Waals surface area contributed by atoms with Crippen LogP contribution in [0.2, 0.25) is 0 Å². The van der Waals surface area contributed by atoms with Crippen molar-refractivity contribution in [2.24, 2.45) is 0 Å². The number of nitrogens with zero attached hydrogens (tertiary/aromatic N) is 4. The van der Waals surface area contributed by atoms with Gasteiger partial charge in [0.15, 0.2) is 5.13 Å². The normalized spacial score (nSPS) is 15.3. The molecule has 0 aromatic carbocycles. The summed E-state index contributed by atoms with van der Waals surface area (Å²) in [6, 6.07) is 6.20. The number of piperazine rings is 1. The van der Waals surface area contributed by atoms with Gasteiger partial charge in [-0.2, -0.15) is 0 Å².